The van der Waals surface area contributed by atoms with Crippen molar-refractivity contribution in [2.24, 2.45) is 0 Å². The van der Waals surface area contributed by atoms with Crippen molar-refractivity contribution < 1.29 is 17.9 Å². The van der Waals surface area contributed by atoms with Gasteiger partial charge in [0.1, 0.15) is 5.75 Å². The molecule has 6 nitrogen and oxygen atoms in total. The third-order valence-corrected chi connectivity index (χ3v) is 8.14. The van der Waals surface area contributed by atoms with Crippen LogP contribution in [0.2, 0.25) is 0 Å². The van der Waals surface area contributed by atoms with Crippen LogP contribution >= 0.6 is 11.8 Å². The number of sulfonamides is 1. The first-order valence-electron chi connectivity index (χ1n) is 11.7. The van der Waals surface area contributed by atoms with Crippen molar-refractivity contribution >= 4 is 39.1 Å². The smallest absolute Gasteiger partial charge is 0.264 e. The second kappa shape index (κ2) is 12.0. The number of amides is 1. The fourth-order valence-electron chi connectivity index (χ4n) is 3.66. The summed E-state index contributed by atoms with van der Waals surface area (Å²) in [5.41, 5.74) is 3.04. The molecule has 4 aromatic carbocycles. The molecule has 4 aromatic rings. The summed E-state index contributed by atoms with van der Waals surface area (Å²) >= 11 is 1.60. The first-order chi connectivity index (χ1) is 17.8. The van der Waals surface area contributed by atoms with E-state index in [-0.39, 0.29) is 24.0 Å². The quantitative estimate of drug-likeness (QED) is 0.249. The van der Waals surface area contributed by atoms with Gasteiger partial charge in [-0.1, -0.05) is 54.1 Å². The van der Waals surface area contributed by atoms with E-state index in [0.717, 1.165) is 16.0 Å². The predicted octanol–water partition coefficient (Wildman–Crippen LogP) is 6.13. The fourth-order valence-corrected chi connectivity index (χ4v) is 5.57. The Morgan fingerprint density at radius 1 is 0.892 bits per heavy atom. The number of carbonyl (C=O) groups is 1. The summed E-state index contributed by atoms with van der Waals surface area (Å²) in [4.78, 5) is 13.6. The van der Waals surface area contributed by atoms with Gasteiger partial charge in [-0.2, -0.15) is 0 Å². The summed E-state index contributed by atoms with van der Waals surface area (Å²) in [6.45, 7) is 1.92. The molecule has 190 valence electrons. The Morgan fingerprint density at radius 2 is 1.59 bits per heavy atom. The van der Waals surface area contributed by atoms with Gasteiger partial charge in [0.25, 0.3) is 15.9 Å². The van der Waals surface area contributed by atoms with Crippen LogP contribution in [-0.2, 0) is 21.4 Å². The summed E-state index contributed by atoms with van der Waals surface area (Å²) in [7, 11) is -3.82. The lowest BCUT2D eigenvalue weighted by molar-refractivity contribution is -0.118. The van der Waals surface area contributed by atoms with Crippen molar-refractivity contribution in [1.82, 2.24) is 0 Å². The Hall–Kier alpha value is -3.75. The maximum absolute atomic E-state index is 13.6. The van der Waals surface area contributed by atoms with Crippen molar-refractivity contribution in [2.75, 3.05) is 22.5 Å². The lowest BCUT2D eigenvalue weighted by atomic mass is 10.2. The van der Waals surface area contributed by atoms with E-state index in [0.29, 0.717) is 17.1 Å². The average molecular weight is 533 g/mol. The molecule has 0 bridgehead atoms. The van der Waals surface area contributed by atoms with Crippen molar-refractivity contribution in [3.05, 3.63) is 114 Å². The minimum Gasteiger partial charge on any atom is -0.484 e. The van der Waals surface area contributed by atoms with Crippen LogP contribution in [0.1, 0.15) is 11.1 Å². The van der Waals surface area contributed by atoms with E-state index in [2.05, 4.69) is 5.32 Å². The first-order valence-corrected chi connectivity index (χ1v) is 14.3. The van der Waals surface area contributed by atoms with Gasteiger partial charge in [0.05, 0.1) is 17.1 Å². The number of hydrogen-bond donors (Lipinski definition) is 1. The summed E-state index contributed by atoms with van der Waals surface area (Å²) in [6, 6.07) is 30.5. The molecule has 0 radical (unpaired) electrons. The molecule has 0 aromatic heterocycles. The minimum atomic E-state index is -3.82. The fraction of sp³-hybridized carbons (Fsp3) is 0.138. The zero-order valence-corrected chi connectivity index (χ0v) is 22.3. The van der Waals surface area contributed by atoms with Crippen LogP contribution in [0, 0.1) is 6.92 Å². The average Bonchev–Trinajstić information content (AvgIpc) is 2.92. The molecule has 0 saturated carbocycles. The number of benzene rings is 4. The summed E-state index contributed by atoms with van der Waals surface area (Å²) in [5, 5.41) is 2.82. The molecule has 1 N–H and O–H groups in total. The van der Waals surface area contributed by atoms with Crippen LogP contribution in [0.3, 0.4) is 0 Å². The second-order valence-electron chi connectivity index (χ2n) is 8.37. The summed E-state index contributed by atoms with van der Waals surface area (Å²) in [6.07, 6.45) is 1.97. The number of aryl methyl sites for hydroxylation is 1. The molecule has 0 heterocycles. The number of carbonyl (C=O) groups excluding carboxylic acids is 1. The van der Waals surface area contributed by atoms with Crippen molar-refractivity contribution in [3.63, 3.8) is 0 Å². The number of nitrogens with one attached hydrogen (secondary N) is 1. The molecular weight excluding hydrogens is 504 g/mol. The Balaban J connectivity index is 1.49. The van der Waals surface area contributed by atoms with E-state index in [4.69, 9.17) is 4.74 Å². The topological polar surface area (TPSA) is 75.7 Å². The van der Waals surface area contributed by atoms with Gasteiger partial charge in [0.15, 0.2) is 6.61 Å². The number of ether oxygens (including phenoxy) is 1. The zero-order valence-electron chi connectivity index (χ0n) is 20.6. The zero-order chi connectivity index (χ0) is 26.3. The highest BCUT2D eigenvalue weighted by Crippen LogP contribution is 2.28. The molecule has 0 atom stereocenters. The van der Waals surface area contributed by atoms with Gasteiger partial charge in [0, 0.05) is 10.6 Å². The SMILES string of the molecule is CSc1cccc(NC(=O)COc2ccc(N(Cc3ccccc3)S(=O)(=O)c3ccc(C)cc3)cc2)c1. The Bertz CT molecular complexity index is 1440. The van der Waals surface area contributed by atoms with E-state index in [1.165, 1.54) is 4.31 Å². The predicted molar refractivity (Wildman–Crippen MR) is 150 cm³/mol. The van der Waals surface area contributed by atoms with E-state index >= 15 is 0 Å². The van der Waals surface area contributed by atoms with Crippen LogP contribution < -0.4 is 14.4 Å². The number of hydrogen-bond acceptors (Lipinski definition) is 5. The van der Waals surface area contributed by atoms with Gasteiger partial charge in [-0.15, -0.1) is 11.8 Å². The maximum Gasteiger partial charge on any atom is 0.264 e. The lowest BCUT2D eigenvalue weighted by Crippen LogP contribution is -2.30. The van der Waals surface area contributed by atoms with Gasteiger partial charge in [-0.25, -0.2) is 8.42 Å². The highest BCUT2D eigenvalue weighted by atomic mass is 32.2. The summed E-state index contributed by atoms with van der Waals surface area (Å²) in [5.74, 6) is 0.180. The van der Waals surface area contributed by atoms with Crippen LogP contribution in [0.15, 0.2) is 113 Å². The first kappa shape index (κ1) is 26.3. The van der Waals surface area contributed by atoms with Crippen molar-refractivity contribution in [2.45, 2.75) is 23.3 Å². The van der Waals surface area contributed by atoms with Gasteiger partial charge in [0.2, 0.25) is 0 Å². The van der Waals surface area contributed by atoms with Crippen molar-refractivity contribution in [1.29, 1.82) is 0 Å². The number of thioether (sulfide) groups is 1. The molecule has 0 fully saturated rings. The molecule has 4 rings (SSSR count). The highest BCUT2D eigenvalue weighted by Gasteiger charge is 2.25. The molecule has 0 aliphatic rings. The molecule has 0 saturated heterocycles. The van der Waals surface area contributed by atoms with E-state index in [1.807, 2.05) is 67.8 Å². The number of anilines is 2. The van der Waals surface area contributed by atoms with Gasteiger partial charge in [-0.05, 0) is 73.3 Å². The summed E-state index contributed by atoms with van der Waals surface area (Å²) < 4.78 is 34.2. The second-order valence-corrected chi connectivity index (χ2v) is 11.1. The highest BCUT2D eigenvalue weighted by molar-refractivity contribution is 7.98. The van der Waals surface area contributed by atoms with Crippen LogP contribution in [-0.4, -0.2) is 27.2 Å². The van der Waals surface area contributed by atoms with E-state index < -0.39 is 10.0 Å². The molecule has 0 unspecified atom stereocenters. The Kier molecular flexibility index (Phi) is 8.53. The minimum absolute atomic E-state index is 0.168. The standard InChI is InChI=1S/C29H28N2O4S2/c1-22-11-17-28(18-12-22)37(33,34)31(20-23-7-4-3-5-8-23)25-13-15-26(16-14-25)35-21-29(32)30-24-9-6-10-27(19-24)36-2/h3-19H,20-21H2,1-2H3,(H,30,32). The Morgan fingerprint density at radius 3 is 2.27 bits per heavy atom. The van der Waals surface area contributed by atoms with E-state index in [1.54, 1.807) is 60.3 Å². The molecule has 0 spiro atoms. The largest absolute Gasteiger partial charge is 0.484 e. The molecule has 0 aliphatic heterocycles. The van der Waals surface area contributed by atoms with Gasteiger partial charge < -0.3 is 10.1 Å². The third-order valence-electron chi connectivity index (χ3n) is 5.63. The molecule has 0 aliphatic carbocycles. The number of rotatable bonds is 10. The molecule has 1 amide bonds. The molecular formula is C29H28N2O4S2. The lowest BCUT2D eigenvalue weighted by Gasteiger charge is -2.25. The Labute approximate surface area is 222 Å². The van der Waals surface area contributed by atoms with Crippen LogP contribution in [0.25, 0.3) is 0 Å². The molecule has 37 heavy (non-hydrogen) atoms. The molecule has 8 heteroatoms. The third kappa shape index (κ3) is 6.93. The van der Waals surface area contributed by atoms with Gasteiger partial charge >= 0.3 is 0 Å². The van der Waals surface area contributed by atoms with Crippen LogP contribution in [0.5, 0.6) is 5.75 Å². The van der Waals surface area contributed by atoms with E-state index in [9.17, 15) is 13.2 Å². The maximum atomic E-state index is 13.6. The van der Waals surface area contributed by atoms with Gasteiger partial charge in [-0.3, -0.25) is 9.10 Å². The van der Waals surface area contributed by atoms with Crippen molar-refractivity contribution in [3.8, 4) is 5.75 Å². The normalized spacial score (nSPS) is 11.1. The monoisotopic (exact) mass is 532 g/mol. The van der Waals surface area contributed by atoms with Crippen LogP contribution in [0.4, 0.5) is 11.4 Å². The number of nitrogens with zero attached hydrogens (tertiary/aromatic N) is 1.